The van der Waals surface area contributed by atoms with Gasteiger partial charge in [0.15, 0.2) is 0 Å². The van der Waals surface area contributed by atoms with E-state index in [0.717, 1.165) is 22.4 Å². The van der Waals surface area contributed by atoms with Gasteiger partial charge in [0.2, 0.25) is 5.90 Å². The number of methoxy groups -OCH3 is 1. The highest BCUT2D eigenvalue weighted by Gasteiger charge is 2.29. The summed E-state index contributed by atoms with van der Waals surface area (Å²) in [6.07, 6.45) is 0. The van der Waals surface area contributed by atoms with Crippen molar-refractivity contribution < 1.29 is 9.47 Å². The predicted octanol–water partition coefficient (Wildman–Crippen LogP) is 5.07. The molecule has 0 amide bonds. The second-order valence-electron chi connectivity index (χ2n) is 6.96. The Morgan fingerprint density at radius 2 is 1.52 bits per heavy atom. The van der Waals surface area contributed by atoms with Crippen molar-refractivity contribution in [2.75, 3.05) is 13.7 Å². The van der Waals surface area contributed by atoms with Crippen LogP contribution in [0.25, 0.3) is 21.9 Å². The Morgan fingerprint density at radius 3 is 2.16 bits per heavy atom. The largest absolute Gasteiger partial charge is 0.496 e. The van der Waals surface area contributed by atoms with Crippen LogP contribution in [0.1, 0.15) is 19.4 Å². The van der Waals surface area contributed by atoms with Crippen molar-refractivity contribution in [1.82, 2.24) is 0 Å². The normalized spacial score (nSPS) is 15.7. The number of hydrogen-bond donors (Lipinski definition) is 0. The van der Waals surface area contributed by atoms with E-state index in [1.165, 1.54) is 10.8 Å². The molecule has 0 fully saturated rings. The maximum absolute atomic E-state index is 5.95. The summed E-state index contributed by atoms with van der Waals surface area (Å²) in [5, 5.41) is 2.36. The zero-order valence-electron chi connectivity index (χ0n) is 14.7. The van der Waals surface area contributed by atoms with Crippen molar-refractivity contribution >= 4 is 16.7 Å². The number of fused-ring (bicyclic) bond motifs is 1. The lowest BCUT2D eigenvalue weighted by molar-refractivity contribution is 0.279. The van der Waals surface area contributed by atoms with Gasteiger partial charge in [0.25, 0.3) is 0 Å². The summed E-state index contributed by atoms with van der Waals surface area (Å²) in [6.45, 7) is 4.77. The lowest BCUT2D eigenvalue weighted by Gasteiger charge is -2.14. The summed E-state index contributed by atoms with van der Waals surface area (Å²) in [7, 11) is 1.70. The van der Waals surface area contributed by atoms with Gasteiger partial charge in [-0.3, -0.25) is 0 Å². The van der Waals surface area contributed by atoms with E-state index in [1.807, 2.05) is 18.2 Å². The van der Waals surface area contributed by atoms with Gasteiger partial charge in [-0.1, -0.05) is 42.5 Å². The SMILES string of the molecule is COc1ccccc1-c1cc2ccccc2cc1C1=NC(C)(C)CO1. The van der Waals surface area contributed by atoms with Gasteiger partial charge < -0.3 is 9.47 Å². The molecule has 1 aliphatic rings. The maximum atomic E-state index is 5.95. The standard InChI is InChI=1S/C22H21NO2/c1-22(2)14-25-21(23-22)19-13-16-9-5-4-8-15(16)12-18(19)17-10-6-7-11-20(17)24-3/h4-13H,14H2,1-3H3. The van der Waals surface area contributed by atoms with Gasteiger partial charge >= 0.3 is 0 Å². The van der Waals surface area contributed by atoms with Crippen molar-refractivity contribution in [2.45, 2.75) is 19.4 Å². The van der Waals surface area contributed by atoms with Gasteiger partial charge in [-0.25, -0.2) is 4.99 Å². The van der Waals surface area contributed by atoms with E-state index in [4.69, 9.17) is 14.5 Å². The average molecular weight is 331 g/mol. The first-order chi connectivity index (χ1) is 12.1. The first-order valence-corrected chi connectivity index (χ1v) is 8.47. The van der Waals surface area contributed by atoms with Crippen molar-refractivity contribution in [2.24, 2.45) is 4.99 Å². The Balaban J connectivity index is 2.00. The van der Waals surface area contributed by atoms with Crippen LogP contribution in [0.4, 0.5) is 0 Å². The highest BCUT2D eigenvalue weighted by molar-refractivity contribution is 6.06. The minimum Gasteiger partial charge on any atom is -0.496 e. The number of hydrogen-bond acceptors (Lipinski definition) is 3. The van der Waals surface area contributed by atoms with Crippen molar-refractivity contribution in [3.05, 3.63) is 66.2 Å². The van der Waals surface area contributed by atoms with Crippen LogP contribution in [0.5, 0.6) is 5.75 Å². The van der Waals surface area contributed by atoms with Crippen LogP contribution < -0.4 is 4.74 Å². The minimum atomic E-state index is -0.195. The second kappa shape index (κ2) is 5.92. The zero-order valence-corrected chi connectivity index (χ0v) is 14.7. The average Bonchev–Trinajstić information content (AvgIpc) is 3.00. The lowest BCUT2D eigenvalue weighted by atomic mass is 9.94. The fourth-order valence-corrected chi connectivity index (χ4v) is 3.23. The molecule has 1 aliphatic heterocycles. The first kappa shape index (κ1) is 15.7. The summed E-state index contributed by atoms with van der Waals surface area (Å²) in [5.41, 5.74) is 2.93. The predicted molar refractivity (Wildman–Crippen MR) is 103 cm³/mol. The minimum absolute atomic E-state index is 0.195. The molecule has 4 rings (SSSR count). The van der Waals surface area contributed by atoms with Gasteiger partial charge in [-0.2, -0.15) is 0 Å². The topological polar surface area (TPSA) is 30.8 Å². The Morgan fingerprint density at radius 1 is 0.880 bits per heavy atom. The van der Waals surface area contributed by atoms with Gasteiger partial charge in [-0.05, 0) is 48.4 Å². The number of aliphatic imine (C=N–C) groups is 1. The molecule has 126 valence electrons. The third kappa shape index (κ3) is 2.86. The van der Waals surface area contributed by atoms with Gasteiger partial charge in [0.05, 0.1) is 12.6 Å². The summed E-state index contributed by atoms with van der Waals surface area (Å²) in [4.78, 5) is 4.79. The van der Waals surface area contributed by atoms with Crippen molar-refractivity contribution in [3.8, 4) is 16.9 Å². The van der Waals surface area contributed by atoms with Gasteiger partial charge in [0, 0.05) is 11.1 Å². The smallest absolute Gasteiger partial charge is 0.217 e. The molecule has 0 bridgehead atoms. The molecule has 0 unspecified atom stereocenters. The number of nitrogens with zero attached hydrogens (tertiary/aromatic N) is 1. The Labute approximate surface area is 147 Å². The number of benzene rings is 3. The van der Waals surface area contributed by atoms with Crippen LogP contribution >= 0.6 is 0 Å². The van der Waals surface area contributed by atoms with Crippen molar-refractivity contribution in [1.29, 1.82) is 0 Å². The molecule has 3 heteroatoms. The maximum Gasteiger partial charge on any atom is 0.217 e. The molecule has 0 saturated heterocycles. The fourth-order valence-electron chi connectivity index (χ4n) is 3.23. The highest BCUT2D eigenvalue weighted by Crippen LogP contribution is 2.36. The molecular weight excluding hydrogens is 310 g/mol. The van der Waals surface area contributed by atoms with Gasteiger partial charge in [-0.15, -0.1) is 0 Å². The molecule has 3 nitrogen and oxygen atoms in total. The van der Waals surface area contributed by atoms with E-state index in [1.54, 1.807) is 7.11 Å². The first-order valence-electron chi connectivity index (χ1n) is 8.47. The summed E-state index contributed by atoms with van der Waals surface area (Å²) in [6, 6.07) is 20.8. The molecule has 3 aromatic carbocycles. The fraction of sp³-hybridized carbons (Fsp3) is 0.227. The quantitative estimate of drug-likeness (QED) is 0.671. The highest BCUT2D eigenvalue weighted by atomic mass is 16.5. The molecule has 0 aromatic heterocycles. The van der Waals surface area contributed by atoms with Crippen LogP contribution in [0.2, 0.25) is 0 Å². The van der Waals surface area contributed by atoms with Crippen LogP contribution in [-0.2, 0) is 4.74 Å². The third-order valence-electron chi connectivity index (χ3n) is 4.48. The monoisotopic (exact) mass is 331 g/mol. The molecule has 1 heterocycles. The molecule has 0 radical (unpaired) electrons. The summed E-state index contributed by atoms with van der Waals surface area (Å²) < 4.78 is 11.5. The number of ether oxygens (including phenoxy) is 2. The van der Waals surface area contributed by atoms with E-state index < -0.39 is 0 Å². The van der Waals surface area contributed by atoms with E-state index in [9.17, 15) is 0 Å². The van der Waals surface area contributed by atoms with E-state index in [0.29, 0.717) is 12.5 Å². The van der Waals surface area contributed by atoms with Crippen LogP contribution in [0, 0.1) is 0 Å². The van der Waals surface area contributed by atoms with Crippen LogP contribution in [0.15, 0.2) is 65.7 Å². The van der Waals surface area contributed by atoms with E-state index in [2.05, 4.69) is 56.3 Å². The third-order valence-corrected chi connectivity index (χ3v) is 4.48. The Bertz CT molecular complexity index is 973. The Hall–Kier alpha value is -2.81. The zero-order chi connectivity index (χ0) is 17.4. The molecule has 0 N–H and O–H groups in total. The molecule has 0 aliphatic carbocycles. The molecule has 25 heavy (non-hydrogen) atoms. The summed E-state index contributed by atoms with van der Waals surface area (Å²) in [5.74, 6) is 1.55. The summed E-state index contributed by atoms with van der Waals surface area (Å²) >= 11 is 0. The number of para-hydroxylation sites is 1. The Kier molecular flexibility index (Phi) is 3.72. The van der Waals surface area contributed by atoms with Crippen LogP contribution in [-0.4, -0.2) is 25.2 Å². The van der Waals surface area contributed by atoms with Crippen molar-refractivity contribution in [3.63, 3.8) is 0 Å². The van der Waals surface area contributed by atoms with Crippen LogP contribution in [0.3, 0.4) is 0 Å². The molecular formula is C22H21NO2. The molecule has 0 atom stereocenters. The molecule has 0 saturated carbocycles. The van der Waals surface area contributed by atoms with E-state index >= 15 is 0 Å². The van der Waals surface area contributed by atoms with E-state index in [-0.39, 0.29) is 5.54 Å². The molecule has 3 aromatic rings. The second-order valence-corrected chi connectivity index (χ2v) is 6.96. The number of rotatable bonds is 3. The van der Waals surface area contributed by atoms with Gasteiger partial charge in [0.1, 0.15) is 12.4 Å². The molecule has 0 spiro atoms. The lowest BCUT2D eigenvalue weighted by Crippen LogP contribution is -2.17.